The lowest BCUT2D eigenvalue weighted by Gasteiger charge is -2.17. The maximum absolute atomic E-state index is 12.9. The first-order valence-electron chi connectivity index (χ1n) is 8.36. The number of benzene rings is 1. The van der Waals surface area contributed by atoms with Crippen LogP contribution in [0.5, 0.6) is 0 Å². The summed E-state index contributed by atoms with van der Waals surface area (Å²) in [5, 5.41) is 4.16. The lowest BCUT2D eigenvalue weighted by Crippen LogP contribution is -2.26. The van der Waals surface area contributed by atoms with E-state index in [9.17, 15) is 4.79 Å². The van der Waals surface area contributed by atoms with Gasteiger partial charge in [-0.15, -0.1) is 0 Å². The molecule has 0 saturated carbocycles. The number of hydrogen-bond acceptors (Lipinski definition) is 2. The van der Waals surface area contributed by atoms with Crippen molar-refractivity contribution in [2.45, 2.75) is 27.3 Å². The number of rotatable bonds is 4. The minimum absolute atomic E-state index is 0.0248. The van der Waals surface area contributed by atoms with E-state index in [4.69, 9.17) is 0 Å². The summed E-state index contributed by atoms with van der Waals surface area (Å²) in [4.78, 5) is 14.7. The van der Waals surface area contributed by atoms with Gasteiger partial charge in [0.15, 0.2) is 0 Å². The van der Waals surface area contributed by atoms with Gasteiger partial charge >= 0.3 is 0 Å². The fourth-order valence-electron chi connectivity index (χ4n) is 3.27. The molecule has 0 aliphatic carbocycles. The molecule has 0 radical (unpaired) electrons. The quantitative estimate of drug-likeness (QED) is 0.733. The van der Waals surface area contributed by atoms with Gasteiger partial charge in [0.2, 0.25) is 0 Å². The maximum atomic E-state index is 12.9. The minimum atomic E-state index is 0.0248. The summed E-state index contributed by atoms with van der Waals surface area (Å²) in [6.07, 6.45) is 3.72. The Morgan fingerprint density at radius 1 is 1.20 bits per heavy atom. The van der Waals surface area contributed by atoms with Crippen molar-refractivity contribution < 1.29 is 4.79 Å². The molecule has 0 atom stereocenters. The molecule has 0 N–H and O–H groups in total. The smallest absolute Gasteiger partial charge is 0.255 e. The van der Waals surface area contributed by atoms with E-state index in [-0.39, 0.29) is 5.91 Å². The van der Waals surface area contributed by atoms with Crippen molar-refractivity contribution in [1.82, 2.24) is 19.2 Å². The number of para-hydroxylation sites is 1. The highest BCUT2D eigenvalue weighted by molar-refractivity contribution is 5.95. The van der Waals surface area contributed by atoms with E-state index < -0.39 is 0 Å². The lowest BCUT2D eigenvalue weighted by molar-refractivity contribution is 0.0784. The summed E-state index contributed by atoms with van der Waals surface area (Å²) < 4.78 is 3.90. The standard InChI is InChI=1S/C20H24N4O/c1-14-8-6-7-9-19(14)24-15(2)10-18(16(24)3)20(25)22(4)12-17-11-21-23(5)13-17/h6-11,13H,12H2,1-5H3. The van der Waals surface area contributed by atoms with E-state index in [0.29, 0.717) is 6.54 Å². The molecule has 0 aliphatic heterocycles. The van der Waals surface area contributed by atoms with E-state index in [1.54, 1.807) is 15.8 Å². The fourth-order valence-corrected chi connectivity index (χ4v) is 3.27. The normalized spacial score (nSPS) is 10.9. The predicted molar refractivity (Wildman–Crippen MR) is 99.0 cm³/mol. The van der Waals surface area contributed by atoms with Crippen LogP contribution in [0.2, 0.25) is 0 Å². The molecule has 25 heavy (non-hydrogen) atoms. The average Bonchev–Trinajstić information content (AvgIpc) is 3.10. The number of aryl methyl sites for hydroxylation is 3. The van der Waals surface area contributed by atoms with Crippen LogP contribution in [-0.2, 0) is 13.6 Å². The van der Waals surface area contributed by atoms with Crippen molar-refractivity contribution in [1.29, 1.82) is 0 Å². The maximum Gasteiger partial charge on any atom is 0.255 e. The zero-order chi connectivity index (χ0) is 18.1. The third-order valence-electron chi connectivity index (χ3n) is 4.54. The van der Waals surface area contributed by atoms with Crippen molar-refractivity contribution >= 4 is 5.91 Å². The summed E-state index contributed by atoms with van der Waals surface area (Å²) in [5.41, 5.74) is 6.09. The van der Waals surface area contributed by atoms with E-state index in [0.717, 1.165) is 28.2 Å². The highest BCUT2D eigenvalue weighted by Crippen LogP contribution is 2.24. The first-order valence-corrected chi connectivity index (χ1v) is 8.36. The van der Waals surface area contributed by atoms with Gasteiger partial charge in [0.05, 0.1) is 11.8 Å². The van der Waals surface area contributed by atoms with Crippen LogP contribution < -0.4 is 0 Å². The zero-order valence-electron chi connectivity index (χ0n) is 15.4. The molecular weight excluding hydrogens is 312 g/mol. The molecule has 1 amide bonds. The minimum Gasteiger partial charge on any atom is -0.337 e. The van der Waals surface area contributed by atoms with Gasteiger partial charge in [0, 0.05) is 49.5 Å². The zero-order valence-corrected chi connectivity index (χ0v) is 15.4. The second-order valence-corrected chi connectivity index (χ2v) is 6.59. The van der Waals surface area contributed by atoms with Crippen LogP contribution in [0.25, 0.3) is 5.69 Å². The average molecular weight is 336 g/mol. The van der Waals surface area contributed by atoms with Crippen LogP contribution in [0.1, 0.15) is 32.9 Å². The molecule has 3 aromatic rings. The monoisotopic (exact) mass is 336 g/mol. The van der Waals surface area contributed by atoms with Crippen LogP contribution in [-0.4, -0.2) is 32.2 Å². The highest BCUT2D eigenvalue weighted by atomic mass is 16.2. The molecule has 130 valence electrons. The molecule has 0 aliphatic rings. The Hall–Kier alpha value is -2.82. The second-order valence-electron chi connectivity index (χ2n) is 6.59. The summed E-state index contributed by atoms with van der Waals surface area (Å²) >= 11 is 0. The first-order chi connectivity index (χ1) is 11.9. The van der Waals surface area contributed by atoms with Crippen molar-refractivity contribution in [3.63, 3.8) is 0 Å². The van der Waals surface area contributed by atoms with Gasteiger partial charge in [-0.05, 0) is 38.5 Å². The Morgan fingerprint density at radius 3 is 2.56 bits per heavy atom. The fraction of sp³-hybridized carbons (Fsp3) is 0.300. The molecule has 5 heteroatoms. The first kappa shape index (κ1) is 17.0. The Morgan fingerprint density at radius 2 is 1.92 bits per heavy atom. The SMILES string of the molecule is Cc1ccccc1-n1c(C)cc(C(=O)N(C)Cc2cnn(C)c2)c1C. The van der Waals surface area contributed by atoms with Crippen LogP contribution in [0.15, 0.2) is 42.7 Å². The molecule has 0 saturated heterocycles. The predicted octanol–water partition coefficient (Wildman–Crippen LogP) is 3.41. The third kappa shape index (κ3) is 3.22. The molecule has 3 rings (SSSR count). The molecular formula is C20H24N4O. The van der Waals surface area contributed by atoms with E-state index in [2.05, 4.69) is 28.7 Å². The van der Waals surface area contributed by atoms with Crippen LogP contribution in [0.3, 0.4) is 0 Å². The van der Waals surface area contributed by atoms with Gasteiger partial charge in [-0.2, -0.15) is 5.10 Å². The Bertz CT molecular complexity index is 920. The lowest BCUT2D eigenvalue weighted by atomic mass is 10.2. The van der Waals surface area contributed by atoms with Crippen molar-refractivity contribution in [2.24, 2.45) is 7.05 Å². The van der Waals surface area contributed by atoms with Crippen LogP contribution in [0, 0.1) is 20.8 Å². The van der Waals surface area contributed by atoms with Gasteiger partial charge < -0.3 is 9.47 Å². The summed E-state index contributed by atoms with van der Waals surface area (Å²) in [7, 11) is 3.70. The van der Waals surface area contributed by atoms with Crippen molar-refractivity contribution in [2.75, 3.05) is 7.05 Å². The van der Waals surface area contributed by atoms with Crippen molar-refractivity contribution in [3.05, 3.63) is 70.8 Å². The number of nitrogens with zero attached hydrogens (tertiary/aromatic N) is 4. The molecule has 2 aromatic heterocycles. The molecule has 0 bridgehead atoms. The molecule has 0 unspecified atom stereocenters. The Balaban J connectivity index is 1.91. The van der Waals surface area contributed by atoms with Gasteiger partial charge in [-0.1, -0.05) is 18.2 Å². The Kier molecular flexibility index (Phi) is 4.49. The largest absolute Gasteiger partial charge is 0.337 e. The second kappa shape index (κ2) is 6.59. The van der Waals surface area contributed by atoms with Crippen LogP contribution >= 0.6 is 0 Å². The number of amides is 1. The van der Waals surface area contributed by atoms with Gasteiger partial charge in [-0.25, -0.2) is 0 Å². The molecule has 1 aromatic carbocycles. The van der Waals surface area contributed by atoms with Gasteiger partial charge in [0.25, 0.3) is 5.91 Å². The molecule has 0 spiro atoms. The van der Waals surface area contributed by atoms with Crippen LogP contribution in [0.4, 0.5) is 0 Å². The topological polar surface area (TPSA) is 43.1 Å². The summed E-state index contributed by atoms with van der Waals surface area (Å²) in [6.45, 7) is 6.67. The van der Waals surface area contributed by atoms with Gasteiger partial charge in [0.1, 0.15) is 0 Å². The number of aromatic nitrogens is 3. The highest BCUT2D eigenvalue weighted by Gasteiger charge is 2.20. The molecule has 2 heterocycles. The number of hydrogen-bond donors (Lipinski definition) is 0. The van der Waals surface area contributed by atoms with Crippen molar-refractivity contribution in [3.8, 4) is 5.69 Å². The van der Waals surface area contributed by atoms with E-state index >= 15 is 0 Å². The number of carbonyl (C=O) groups excluding carboxylic acids is 1. The van der Waals surface area contributed by atoms with Gasteiger partial charge in [-0.3, -0.25) is 9.48 Å². The van der Waals surface area contributed by atoms with E-state index in [1.807, 2.05) is 52.3 Å². The summed E-state index contributed by atoms with van der Waals surface area (Å²) in [5.74, 6) is 0.0248. The third-order valence-corrected chi connectivity index (χ3v) is 4.54. The Labute approximate surface area is 148 Å². The molecule has 5 nitrogen and oxygen atoms in total. The summed E-state index contributed by atoms with van der Waals surface area (Å²) in [6, 6.07) is 10.2. The van der Waals surface area contributed by atoms with E-state index in [1.165, 1.54) is 5.56 Å². The number of carbonyl (C=O) groups is 1. The molecule has 0 fully saturated rings.